The van der Waals surface area contributed by atoms with Crippen molar-refractivity contribution < 1.29 is 0 Å². The number of hydrogen-bond acceptors (Lipinski definition) is 2. The van der Waals surface area contributed by atoms with Gasteiger partial charge in [-0.2, -0.15) is 0 Å². The molecule has 404 valence electrons. The molecule has 0 N–H and O–H groups in total. The van der Waals surface area contributed by atoms with Crippen LogP contribution in [0.1, 0.15) is 0 Å². The van der Waals surface area contributed by atoms with Crippen LogP contribution in [0.4, 0.5) is 34.1 Å². The second-order valence-electron chi connectivity index (χ2n) is 24.4. The van der Waals surface area contributed by atoms with Gasteiger partial charge in [-0.1, -0.05) is 109 Å². The van der Waals surface area contributed by atoms with Crippen LogP contribution in [0.5, 0.6) is 0 Å². The molecule has 0 radical (unpaired) electrons. The predicted molar refractivity (Wildman–Crippen MR) is 371 cm³/mol. The molecule has 0 heterocycles. The van der Waals surface area contributed by atoms with Crippen molar-refractivity contribution in [3.05, 3.63) is 291 Å². The van der Waals surface area contributed by atoms with Crippen molar-refractivity contribution in [1.82, 2.24) is 0 Å². The van der Waals surface area contributed by atoms with E-state index in [4.69, 9.17) is 0 Å². The molecule has 0 saturated heterocycles. The molecule has 0 aliphatic heterocycles. The van der Waals surface area contributed by atoms with Crippen LogP contribution in [0.15, 0.2) is 291 Å². The zero-order valence-corrected chi connectivity index (χ0v) is 52.8. The first-order valence-corrected chi connectivity index (χ1v) is 44.2. The Labute approximate surface area is 499 Å². The maximum atomic E-state index is 2.46. The first-order chi connectivity index (χ1) is 41.0. The second kappa shape index (κ2) is 21.7. The Morgan fingerprint density at radius 3 is 0.667 bits per heavy atom. The number of rotatable bonds is 12. The third-order valence-electron chi connectivity index (χ3n) is 17.2. The third kappa shape index (κ3) is 9.58. The van der Waals surface area contributed by atoms with E-state index in [1.807, 2.05) is 0 Å². The molecule has 4 heteroatoms. The second-order valence-corrected chi connectivity index (χ2v) is 45.7. The number of fused-ring (bicyclic) bond motifs is 5. The van der Waals surface area contributed by atoms with E-state index in [1.165, 1.54) is 107 Å². The van der Waals surface area contributed by atoms with Crippen LogP contribution in [0.3, 0.4) is 0 Å². The van der Waals surface area contributed by atoms with Crippen LogP contribution in [0, 0.1) is 0 Å². The first-order valence-electron chi connectivity index (χ1n) is 29.5. The van der Waals surface area contributed by atoms with Gasteiger partial charge in [-0.15, -0.1) is 0 Å². The number of anilines is 6. The Morgan fingerprint density at radius 1 is 0.190 bits per heavy atom. The summed E-state index contributed by atoms with van der Waals surface area (Å²) in [7, 11) is 0. The fourth-order valence-corrected chi connectivity index (χ4v) is 17.9. The molecule has 14 rings (SSSR count). The third-order valence-corrected chi connectivity index (χ3v) is 25.8. The summed E-state index contributed by atoms with van der Waals surface area (Å²) in [5, 5.41) is 12.4. The summed E-state index contributed by atoms with van der Waals surface area (Å²) >= 11 is -4.01. The van der Waals surface area contributed by atoms with Gasteiger partial charge in [0, 0.05) is 0 Å². The maximum absolute atomic E-state index is 2.46. The topological polar surface area (TPSA) is 6.48 Å². The number of benzene rings is 14. The van der Waals surface area contributed by atoms with Crippen LogP contribution in [-0.2, 0) is 0 Å². The number of nitrogens with zero attached hydrogens (tertiary/aromatic N) is 2. The Kier molecular flexibility index (Phi) is 13.7. The Morgan fingerprint density at radius 2 is 0.405 bits per heavy atom. The predicted octanol–water partition coefficient (Wildman–Crippen LogP) is 22.2. The molecule has 0 saturated carbocycles. The minimum atomic E-state index is -2.00. The van der Waals surface area contributed by atoms with E-state index in [9.17, 15) is 0 Å². The van der Waals surface area contributed by atoms with Gasteiger partial charge in [0.25, 0.3) is 0 Å². The average molecular weight is 1200 g/mol. The molecule has 0 aliphatic rings. The Hall–Kier alpha value is -8.93. The Bertz CT molecular complexity index is 4330. The molecule has 0 bridgehead atoms. The summed E-state index contributed by atoms with van der Waals surface area (Å²) in [5.41, 5.74) is 16.7. The van der Waals surface area contributed by atoms with Gasteiger partial charge in [0.2, 0.25) is 0 Å². The van der Waals surface area contributed by atoms with E-state index in [0.29, 0.717) is 0 Å². The van der Waals surface area contributed by atoms with Gasteiger partial charge in [-0.25, -0.2) is 0 Å². The van der Waals surface area contributed by atoms with Gasteiger partial charge in [0.1, 0.15) is 0 Å². The van der Waals surface area contributed by atoms with Crippen molar-refractivity contribution in [2.75, 3.05) is 9.80 Å². The number of hydrogen-bond donors (Lipinski definition) is 0. The summed E-state index contributed by atoms with van der Waals surface area (Å²) < 4.78 is 3.01. The summed E-state index contributed by atoms with van der Waals surface area (Å²) in [6.07, 6.45) is 0. The van der Waals surface area contributed by atoms with Crippen LogP contribution in [0.2, 0.25) is 34.5 Å². The molecule has 0 unspecified atom stereocenters. The SMILES string of the molecule is [CH3][Ge]([CH3])([CH3])[c]1ccc(N(c2ccccc2)c2ccc(-c3c4ccccc4c(-c4ccc(-c5c6ccccc6c(-c6ccc(N(c7ccccc7)c7cc[c]([Ge]([CH3])([CH3])[CH3])cc7)cc6)c6ccccc56)c5ccccc45)c4ccccc34)cc2)cc1. The monoisotopic (exact) mass is 1200 g/mol. The van der Waals surface area contributed by atoms with Crippen molar-refractivity contribution in [2.45, 2.75) is 34.5 Å². The van der Waals surface area contributed by atoms with Gasteiger partial charge in [0.15, 0.2) is 0 Å². The molecule has 0 amide bonds. The molecule has 14 aromatic rings. The van der Waals surface area contributed by atoms with E-state index in [-0.39, 0.29) is 0 Å². The van der Waals surface area contributed by atoms with Crippen LogP contribution in [0.25, 0.3) is 98.4 Å². The van der Waals surface area contributed by atoms with Crippen molar-refractivity contribution in [2.24, 2.45) is 0 Å². The Balaban J connectivity index is 0.886. The number of para-hydroxylation sites is 2. The standard InChI is InChI=1S/C80H66Ge2N2/c1-81(2,3)57-41-49-63(50-42-57)83(59-23-9-7-10-24-59)61-45-37-55(38-46-61)77-67-29-15-19-33-71(67)79(72-34-20-16-30-68(72)77)75-53-54-76(66-28-14-13-27-65(66)75)80-73-35-21-17-31-69(73)78(70-32-18-22-36-74(70)80)56-39-47-62(48-40-56)84(60-25-11-8-12-26-60)64-51-43-58(44-52-64)82(4,5)6/h7-54H,1-6H3. The summed E-state index contributed by atoms with van der Waals surface area (Å²) in [5.74, 6) is 14.7. The summed E-state index contributed by atoms with van der Waals surface area (Å²) in [6, 6.07) is 109. The molecular formula is C80H66Ge2N2. The molecule has 84 heavy (non-hydrogen) atoms. The molecule has 0 spiro atoms. The fraction of sp³-hybridized carbons (Fsp3) is 0.0750. The van der Waals surface area contributed by atoms with Gasteiger partial charge in [-0.05, 0) is 33.0 Å². The van der Waals surface area contributed by atoms with E-state index in [0.717, 1.165) is 34.1 Å². The average Bonchev–Trinajstić information content (AvgIpc) is 1.10. The normalized spacial score (nSPS) is 11.9. The van der Waals surface area contributed by atoms with Crippen molar-refractivity contribution >= 4 is 123 Å². The molecule has 0 atom stereocenters. The summed E-state index contributed by atoms with van der Waals surface area (Å²) in [6.45, 7) is 0. The molecular weight excluding hydrogens is 1130 g/mol. The van der Waals surface area contributed by atoms with E-state index < -0.39 is 26.5 Å². The van der Waals surface area contributed by atoms with Gasteiger partial charge in [-0.3, -0.25) is 0 Å². The van der Waals surface area contributed by atoms with Gasteiger partial charge >= 0.3 is 361 Å². The van der Waals surface area contributed by atoms with Gasteiger partial charge < -0.3 is 0 Å². The van der Waals surface area contributed by atoms with Crippen molar-refractivity contribution in [3.8, 4) is 44.5 Å². The van der Waals surface area contributed by atoms with Crippen molar-refractivity contribution in [1.29, 1.82) is 0 Å². The van der Waals surface area contributed by atoms with Crippen LogP contribution in [-0.4, -0.2) is 26.5 Å². The van der Waals surface area contributed by atoms with Crippen LogP contribution < -0.4 is 18.6 Å². The van der Waals surface area contributed by atoms with Crippen LogP contribution >= 0.6 is 0 Å². The van der Waals surface area contributed by atoms with E-state index in [2.05, 4.69) is 336 Å². The molecule has 0 fully saturated rings. The van der Waals surface area contributed by atoms with Gasteiger partial charge in [0.05, 0.1) is 0 Å². The molecule has 0 aliphatic carbocycles. The molecule has 2 nitrogen and oxygen atoms in total. The van der Waals surface area contributed by atoms with E-state index in [1.54, 1.807) is 0 Å². The van der Waals surface area contributed by atoms with E-state index >= 15 is 0 Å². The van der Waals surface area contributed by atoms with Crippen molar-refractivity contribution in [3.63, 3.8) is 0 Å². The molecule has 0 aromatic heterocycles. The first kappa shape index (κ1) is 53.1. The minimum absolute atomic E-state index is 1.13. The quantitative estimate of drug-likeness (QED) is 0.0889. The fourth-order valence-electron chi connectivity index (χ4n) is 13.0. The molecule has 14 aromatic carbocycles. The summed E-state index contributed by atoms with van der Waals surface area (Å²) in [4.78, 5) is 4.76. The zero-order valence-electron chi connectivity index (χ0n) is 48.6. The zero-order chi connectivity index (χ0) is 57.1.